The van der Waals surface area contributed by atoms with Gasteiger partial charge >= 0.3 is 0 Å². The summed E-state index contributed by atoms with van der Waals surface area (Å²) in [6, 6.07) is 28.1. The topological polar surface area (TPSA) is 32.6 Å². The molecule has 0 bridgehead atoms. The molecule has 0 unspecified atom stereocenters. The van der Waals surface area contributed by atoms with Crippen molar-refractivity contribution in [3.8, 4) is 5.75 Å². The van der Waals surface area contributed by atoms with Crippen molar-refractivity contribution in [3.63, 3.8) is 0 Å². The molecule has 3 aromatic rings. The van der Waals surface area contributed by atoms with E-state index in [0.717, 1.165) is 28.1 Å². The van der Waals surface area contributed by atoms with E-state index in [0.29, 0.717) is 0 Å². The normalized spacial score (nSPS) is 15.8. The number of rotatable bonds is 3. The van der Waals surface area contributed by atoms with Crippen molar-refractivity contribution >= 4 is 17.0 Å². The Morgan fingerprint density at radius 3 is 1.85 bits per heavy atom. The number of aliphatic imine (C=N–C) groups is 1. The molecule has 0 fully saturated rings. The van der Waals surface area contributed by atoms with E-state index in [2.05, 4.69) is 50.2 Å². The van der Waals surface area contributed by atoms with Gasteiger partial charge in [-0.15, -0.1) is 0 Å². The SMILES string of the molecule is CC1(C)C(c2ccccc2O)=NC(c2ccccc2)=C1c1ccccc1. The van der Waals surface area contributed by atoms with Crippen molar-refractivity contribution in [3.05, 3.63) is 102 Å². The van der Waals surface area contributed by atoms with Crippen LogP contribution in [-0.4, -0.2) is 10.8 Å². The van der Waals surface area contributed by atoms with Crippen molar-refractivity contribution in [1.82, 2.24) is 0 Å². The Morgan fingerprint density at radius 1 is 0.692 bits per heavy atom. The number of allylic oxidation sites excluding steroid dienone is 1. The number of phenols is 1. The first-order valence-corrected chi connectivity index (χ1v) is 8.82. The van der Waals surface area contributed by atoms with E-state index in [1.54, 1.807) is 6.07 Å². The minimum absolute atomic E-state index is 0.265. The van der Waals surface area contributed by atoms with Gasteiger partial charge in [-0.1, -0.05) is 86.6 Å². The summed E-state index contributed by atoms with van der Waals surface area (Å²) >= 11 is 0. The van der Waals surface area contributed by atoms with Gasteiger partial charge in [0.25, 0.3) is 0 Å². The number of hydrogen-bond acceptors (Lipinski definition) is 2. The highest BCUT2D eigenvalue weighted by Gasteiger charge is 2.39. The number of nitrogens with zero attached hydrogens (tertiary/aromatic N) is 1. The molecular formula is C24H21NO. The van der Waals surface area contributed by atoms with Crippen molar-refractivity contribution in [2.24, 2.45) is 10.4 Å². The highest BCUT2D eigenvalue weighted by Crippen LogP contribution is 2.49. The summed E-state index contributed by atoms with van der Waals surface area (Å²) in [5.74, 6) is 0.265. The molecule has 0 saturated carbocycles. The fourth-order valence-corrected chi connectivity index (χ4v) is 3.70. The Kier molecular flexibility index (Phi) is 3.96. The zero-order valence-electron chi connectivity index (χ0n) is 15.0. The predicted octanol–water partition coefficient (Wildman–Crippen LogP) is 5.79. The van der Waals surface area contributed by atoms with E-state index in [1.807, 2.05) is 42.5 Å². The van der Waals surface area contributed by atoms with Crippen molar-refractivity contribution in [1.29, 1.82) is 0 Å². The first-order chi connectivity index (χ1) is 12.6. The average molecular weight is 339 g/mol. The first kappa shape index (κ1) is 16.3. The molecule has 0 amide bonds. The van der Waals surface area contributed by atoms with Crippen LogP contribution in [0.2, 0.25) is 0 Å². The van der Waals surface area contributed by atoms with E-state index in [4.69, 9.17) is 4.99 Å². The molecule has 0 aromatic heterocycles. The molecule has 1 N–H and O–H groups in total. The summed E-state index contributed by atoms with van der Waals surface area (Å²) < 4.78 is 0. The third-order valence-electron chi connectivity index (χ3n) is 4.95. The van der Waals surface area contributed by atoms with Gasteiger partial charge in [0.2, 0.25) is 0 Å². The van der Waals surface area contributed by atoms with Gasteiger partial charge < -0.3 is 5.11 Å². The molecule has 1 heterocycles. The van der Waals surface area contributed by atoms with Crippen LogP contribution in [0.1, 0.15) is 30.5 Å². The van der Waals surface area contributed by atoms with E-state index in [-0.39, 0.29) is 11.2 Å². The molecule has 1 aliphatic rings. The van der Waals surface area contributed by atoms with E-state index < -0.39 is 0 Å². The Labute approximate surface area is 154 Å². The highest BCUT2D eigenvalue weighted by atomic mass is 16.3. The van der Waals surface area contributed by atoms with Gasteiger partial charge in [-0.05, 0) is 23.3 Å². The largest absolute Gasteiger partial charge is 0.507 e. The van der Waals surface area contributed by atoms with Crippen molar-refractivity contribution in [2.75, 3.05) is 0 Å². The lowest BCUT2D eigenvalue weighted by Gasteiger charge is -2.26. The molecular weight excluding hydrogens is 318 g/mol. The fourth-order valence-electron chi connectivity index (χ4n) is 3.70. The van der Waals surface area contributed by atoms with Gasteiger partial charge in [0.15, 0.2) is 0 Å². The van der Waals surface area contributed by atoms with Crippen LogP contribution in [0.5, 0.6) is 5.75 Å². The molecule has 128 valence electrons. The molecule has 26 heavy (non-hydrogen) atoms. The van der Waals surface area contributed by atoms with Crippen LogP contribution in [0.4, 0.5) is 0 Å². The molecule has 1 aliphatic heterocycles. The summed E-state index contributed by atoms with van der Waals surface area (Å²) in [6.45, 7) is 4.35. The summed E-state index contributed by atoms with van der Waals surface area (Å²) in [5, 5.41) is 10.4. The Balaban J connectivity index is 1.97. The second kappa shape index (κ2) is 6.30. The summed E-state index contributed by atoms with van der Waals surface area (Å²) in [6.07, 6.45) is 0. The van der Waals surface area contributed by atoms with Crippen LogP contribution >= 0.6 is 0 Å². The number of para-hydroxylation sites is 1. The molecule has 2 nitrogen and oxygen atoms in total. The van der Waals surface area contributed by atoms with Gasteiger partial charge in [-0.2, -0.15) is 0 Å². The minimum atomic E-state index is -0.328. The Hall–Kier alpha value is -3.13. The number of aromatic hydroxyl groups is 1. The van der Waals surface area contributed by atoms with E-state index >= 15 is 0 Å². The molecule has 0 saturated heterocycles. The molecule has 0 radical (unpaired) electrons. The maximum atomic E-state index is 10.4. The second-order valence-electron chi connectivity index (χ2n) is 7.06. The van der Waals surface area contributed by atoms with Gasteiger partial charge in [0.1, 0.15) is 5.75 Å². The lowest BCUT2D eigenvalue weighted by Crippen LogP contribution is -2.23. The monoisotopic (exact) mass is 339 g/mol. The lowest BCUT2D eigenvalue weighted by atomic mass is 9.75. The van der Waals surface area contributed by atoms with Gasteiger partial charge in [0.05, 0.1) is 11.4 Å². The summed E-state index contributed by atoms with van der Waals surface area (Å²) in [7, 11) is 0. The molecule has 0 atom stereocenters. The molecule has 0 aliphatic carbocycles. The van der Waals surface area contributed by atoms with Crippen molar-refractivity contribution < 1.29 is 5.11 Å². The number of hydrogen-bond donors (Lipinski definition) is 1. The quantitative estimate of drug-likeness (QED) is 0.643. The summed E-state index contributed by atoms with van der Waals surface area (Å²) in [4.78, 5) is 5.04. The highest BCUT2D eigenvalue weighted by molar-refractivity contribution is 6.22. The fraction of sp³-hybridized carbons (Fsp3) is 0.125. The van der Waals surface area contributed by atoms with Crippen LogP contribution in [0.15, 0.2) is 89.9 Å². The standard InChI is InChI=1S/C24H21NO/c1-24(2)21(17-11-5-3-6-12-17)22(18-13-7-4-8-14-18)25-23(24)19-15-9-10-16-20(19)26/h3-16,26H,1-2H3. The van der Waals surface area contributed by atoms with Gasteiger partial charge in [0, 0.05) is 16.5 Å². The lowest BCUT2D eigenvalue weighted by molar-refractivity contribution is 0.473. The van der Waals surface area contributed by atoms with Crippen LogP contribution in [-0.2, 0) is 0 Å². The van der Waals surface area contributed by atoms with Crippen LogP contribution in [0, 0.1) is 5.41 Å². The molecule has 3 aromatic carbocycles. The molecule has 0 spiro atoms. The number of phenolic OH excluding ortho intramolecular Hbond substituents is 1. The predicted molar refractivity (Wildman–Crippen MR) is 108 cm³/mol. The Bertz CT molecular complexity index is 999. The zero-order chi connectivity index (χ0) is 18.1. The first-order valence-electron chi connectivity index (χ1n) is 8.82. The number of benzene rings is 3. The average Bonchev–Trinajstić information content (AvgIpc) is 2.94. The second-order valence-corrected chi connectivity index (χ2v) is 7.06. The molecule has 4 rings (SSSR count). The maximum absolute atomic E-state index is 10.4. The van der Waals surface area contributed by atoms with Gasteiger partial charge in [-0.25, -0.2) is 0 Å². The minimum Gasteiger partial charge on any atom is -0.507 e. The third-order valence-corrected chi connectivity index (χ3v) is 4.95. The smallest absolute Gasteiger partial charge is 0.124 e. The maximum Gasteiger partial charge on any atom is 0.124 e. The Morgan fingerprint density at radius 2 is 1.23 bits per heavy atom. The zero-order valence-corrected chi connectivity index (χ0v) is 15.0. The van der Waals surface area contributed by atoms with Crippen LogP contribution < -0.4 is 0 Å². The van der Waals surface area contributed by atoms with E-state index in [9.17, 15) is 5.11 Å². The third kappa shape index (κ3) is 2.64. The van der Waals surface area contributed by atoms with Crippen LogP contribution in [0.25, 0.3) is 11.3 Å². The molecule has 2 heteroatoms. The van der Waals surface area contributed by atoms with Gasteiger partial charge in [-0.3, -0.25) is 4.99 Å². The van der Waals surface area contributed by atoms with Crippen molar-refractivity contribution in [2.45, 2.75) is 13.8 Å². The van der Waals surface area contributed by atoms with Crippen LogP contribution in [0.3, 0.4) is 0 Å². The summed E-state index contributed by atoms with van der Waals surface area (Å²) in [5.41, 5.74) is 5.76. The van der Waals surface area contributed by atoms with E-state index in [1.165, 1.54) is 5.57 Å².